The van der Waals surface area contributed by atoms with Crippen LogP contribution in [-0.4, -0.2) is 15.9 Å². The summed E-state index contributed by atoms with van der Waals surface area (Å²) < 4.78 is 27.6. The Hall–Kier alpha value is -1.27. The standard InChI is InChI=1S/C7H10N2O3S/c1-12-7-3-2-5(4-6(7)8)9-13(10)11/h2-4,9H,8H2,1H3,(H,10,11)/p-1. The second-order valence-electron chi connectivity index (χ2n) is 2.29. The zero-order valence-corrected chi connectivity index (χ0v) is 7.76. The molecule has 13 heavy (non-hydrogen) atoms. The van der Waals surface area contributed by atoms with Crippen molar-refractivity contribution in [3.05, 3.63) is 18.2 Å². The van der Waals surface area contributed by atoms with Gasteiger partial charge in [-0.05, 0) is 18.2 Å². The van der Waals surface area contributed by atoms with Crippen LogP contribution in [0.15, 0.2) is 18.2 Å². The molecule has 3 N–H and O–H groups in total. The lowest BCUT2D eigenvalue weighted by atomic mass is 10.2. The zero-order chi connectivity index (χ0) is 9.84. The number of nitrogens with two attached hydrogens (primary N) is 1. The van der Waals surface area contributed by atoms with Crippen molar-refractivity contribution in [3.8, 4) is 5.75 Å². The van der Waals surface area contributed by atoms with E-state index in [2.05, 4.69) is 4.72 Å². The molecule has 0 spiro atoms. The molecular formula is C7H9N2O3S-. The van der Waals surface area contributed by atoms with Gasteiger partial charge in [0.15, 0.2) is 0 Å². The van der Waals surface area contributed by atoms with Crippen molar-refractivity contribution in [2.75, 3.05) is 17.6 Å². The lowest BCUT2D eigenvalue weighted by Crippen LogP contribution is -2.03. The molecule has 1 unspecified atom stereocenters. The molecule has 5 nitrogen and oxygen atoms in total. The molecule has 1 rings (SSSR count). The number of rotatable bonds is 3. The van der Waals surface area contributed by atoms with E-state index < -0.39 is 11.3 Å². The molecule has 0 aliphatic carbocycles. The monoisotopic (exact) mass is 201 g/mol. The predicted molar refractivity (Wildman–Crippen MR) is 49.9 cm³/mol. The first-order valence-electron chi connectivity index (χ1n) is 3.43. The largest absolute Gasteiger partial charge is 0.755 e. The normalized spacial score (nSPS) is 12.2. The molecule has 0 amide bonds. The maximum absolute atomic E-state index is 10.3. The topological polar surface area (TPSA) is 87.4 Å². The van der Waals surface area contributed by atoms with Crippen molar-refractivity contribution in [3.63, 3.8) is 0 Å². The lowest BCUT2D eigenvalue weighted by Gasteiger charge is -2.10. The van der Waals surface area contributed by atoms with Gasteiger partial charge in [0.1, 0.15) is 5.75 Å². The Labute approximate surface area is 78.3 Å². The molecule has 0 heterocycles. The van der Waals surface area contributed by atoms with Crippen LogP contribution in [0.4, 0.5) is 11.4 Å². The maximum atomic E-state index is 10.3. The molecule has 0 aromatic heterocycles. The number of methoxy groups -OCH3 is 1. The SMILES string of the molecule is COc1ccc(NS(=O)[O-])cc1N. The molecule has 0 aliphatic rings. The smallest absolute Gasteiger partial charge is 0.141 e. The van der Waals surface area contributed by atoms with Crippen LogP contribution < -0.4 is 15.2 Å². The fourth-order valence-electron chi connectivity index (χ4n) is 0.894. The van der Waals surface area contributed by atoms with Crippen LogP contribution in [0.25, 0.3) is 0 Å². The average molecular weight is 201 g/mol. The van der Waals surface area contributed by atoms with E-state index in [1.54, 1.807) is 12.1 Å². The van der Waals surface area contributed by atoms with Gasteiger partial charge in [0.2, 0.25) is 0 Å². The van der Waals surface area contributed by atoms with Crippen LogP contribution in [0.3, 0.4) is 0 Å². The van der Waals surface area contributed by atoms with E-state index in [4.69, 9.17) is 10.5 Å². The van der Waals surface area contributed by atoms with E-state index in [1.807, 2.05) is 0 Å². The van der Waals surface area contributed by atoms with Crippen molar-refractivity contribution in [1.29, 1.82) is 0 Å². The van der Waals surface area contributed by atoms with E-state index >= 15 is 0 Å². The molecule has 0 saturated heterocycles. The summed E-state index contributed by atoms with van der Waals surface area (Å²) in [5, 5.41) is 0. The van der Waals surface area contributed by atoms with E-state index in [0.29, 0.717) is 17.1 Å². The molecule has 1 atom stereocenters. The molecule has 0 bridgehead atoms. The van der Waals surface area contributed by atoms with Crippen molar-refractivity contribution < 1.29 is 13.5 Å². The summed E-state index contributed by atoms with van der Waals surface area (Å²) in [6, 6.07) is 4.63. The molecule has 0 fully saturated rings. The fourth-order valence-corrected chi connectivity index (χ4v) is 1.21. The molecular weight excluding hydrogens is 192 g/mol. The van der Waals surface area contributed by atoms with Crippen LogP contribution in [0.1, 0.15) is 0 Å². The second-order valence-corrected chi connectivity index (χ2v) is 2.97. The van der Waals surface area contributed by atoms with Gasteiger partial charge >= 0.3 is 0 Å². The predicted octanol–water partition coefficient (Wildman–Crippen LogP) is 0.483. The minimum absolute atomic E-state index is 0.387. The number of hydrogen-bond donors (Lipinski definition) is 2. The number of nitrogens with one attached hydrogen (secondary N) is 1. The van der Waals surface area contributed by atoms with Crippen LogP contribution in [0, 0.1) is 0 Å². The number of nitrogen functional groups attached to an aromatic ring is 1. The van der Waals surface area contributed by atoms with Crippen molar-refractivity contribution in [2.24, 2.45) is 0 Å². The Morgan fingerprint density at radius 2 is 2.31 bits per heavy atom. The highest BCUT2D eigenvalue weighted by molar-refractivity contribution is 7.80. The van der Waals surface area contributed by atoms with Crippen LogP contribution in [-0.2, 0) is 11.3 Å². The number of hydrogen-bond acceptors (Lipinski definition) is 4. The summed E-state index contributed by atoms with van der Waals surface area (Å²) in [5.74, 6) is 0.516. The number of anilines is 2. The summed E-state index contributed by atoms with van der Waals surface area (Å²) >= 11 is -2.33. The molecule has 72 valence electrons. The van der Waals surface area contributed by atoms with Gasteiger partial charge in [-0.25, -0.2) is 0 Å². The average Bonchev–Trinajstić information content (AvgIpc) is 2.03. The summed E-state index contributed by atoms with van der Waals surface area (Å²) in [4.78, 5) is 0. The first-order valence-corrected chi connectivity index (χ1v) is 4.50. The Morgan fingerprint density at radius 1 is 1.62 bits per heavy atom. The first kappa shape index (κ1) is 9.82. The quantitative estimate of drug-likeness (QED) is 0.550. The van der Waals surface area contributed by atoms with Gasteiger partial charge in [0, 0.05) is 17.0 Å². The molecule has 0 aliphatic heterocycles. The Kier molecular flexibility index (Phi) is 3.10. The van der Waals surface area contributed by atoms with E-state index in [-0.39, 0.29) is 0 Å². The number of benzene rings is 1. The van der Waals surface area contributed by atoms with Crippen LogP contribution >= 0.6 is 0 Å². The van der Waals surface area contributed by atoms with Gasteiger partial charge in [-0.1, -0.05) is 0 Å². The Bertz CT molecular complexity index is 330. The van der Waals surface area contributed by atoms with Crippen LogP contribution in [0.5, 0.6) is 5.75 Å². The summed E-state index contributed by atoms with van der Waals surface area (Å²) in [5.41, 5.74) is 6.34. The highest BCUT2D eigenvalue weighted by atomic mass is 32.2. The maximum Gasteiger partial charge on any atom is 0.141 e. The Balaban J connectivity index is 2.89. The Morgan fingerprint density at radius 3 is 2.77 bits per heavy atom. The summed E-state index contributed by atoms with van der Waals surface area (Å²) in [6.07, 6.45) is 0. The third kappa shape index (κ3) is 2.60. The van der Waals surface area contributed by atoms with Crippen molar-refractivity contribution in [2.45, 2.75) is 0 Å². The van der Waals surface area contributed by atoms with Gasteiger partial charge < -0.3 is 19.7 Å². The van der Waals surface area contributed by atoms with E-state index in [0.717, 1.165) is 0 Å². The third-order valence-electron chi connectivity index (χ3n) is 1.43. The van der Waals surface area contributed by atoms with Crippen LogP contribution in [0.2, 0.25) is 0 Å². The molecule has 0 saturated carbocycles. The van der Waals surface area contributed by atoms with E-state index in [1.165, 1.54) is 13.2 Å². The molecule has 0 radical (unpaired) electrons. The molecule has 6 heteroatoms. The highest BCUT2D eigenvalue weighted by Crippen LogP contribution is 2.24. The number of ether oxygens (including phenoxy) is 1. The highest BCUT2D eigenvalue weighted by Gasteiger charge is 1.99. The van der Waals surface area contributed by atoms with Gasteiger partial charge in [0.25, 0.3) is 0 Å². The first-order chi connectivity index (χ1) is 6.13. The van der Waals surface area contributed by atoms with Gasteiger partial charge in [-0.3, -0.25) is 4.21 Å². The van der Waals surface area contributed by atoms with Gasteiger partial charge in [0.05, 0.1) is 12.8 Å². The van der Waals surface area contributed by atoms with Gasteiger partial charge in [-0.2, -0.15) is 0 Å². The van der Waals surface area contributed by atoms with Crippen molar-refractivity contribution >= 4 is 22.6 Å². The van der Waals surface area contributed by atoms with Gasteiger partial charge in [-0.15, -0.1) is 0 Å². The second kappa shape index (κ2) is 4.11. The zero-order valence-electron chi connectivity index (χ0n) is 6.94. The molecule has 1 aromatic rings. The minimum atomic E-state index is -2.33. The fraction of sp³-hybridized carbons (Fsp3) is 0.143. The van der Waals surface area contributed by atoms with Crippen molar-refractivity contribution in [1.82, 2.24) is 0 Å². The minimum Gasteiger partial charge on any atom is -0.755 e. The summed E-state index contributed by atoms with van der Waals surface area (Å²) in [6.45, 7) is 0. The summed E-state index contributed by atoms with van der Waals surface area (Å²) in [7, 11) is 1.49. The lowest BCUT2D eigenvalue weighted by molar-refractivity contribution is 0.417. The molecule has 1 aromatic carbocycles. The van der Waals surface area contributed by atoms with E-state index in [9.17, 15) is 8.76 Å². The third-order valence-corrected chi connectivity index (χ3v) is 1.83.